The molecular formula is C16H20N4O4. The molecule has 0 aliphatic rings. The lowest BCUT2D eigenvalue weighted by molar-refractivity contribution is -0.120. The van der Waals surface area contributed by atoms with E-state index in [4.69, 9.17) is 9.84 Å². The third kappa shape index (κ3) is 5.17. The lowest BCUT2D eigenvalue weighted by Gasteiger charge is -2.08. The molecule has 0 bridgehead atoms. The van der Waals surface area contributed by atoms with Gasteiger partial charge in [0.25, 0.3) is 0 Å². The summed E-state index contributed by atoms with van der Waals surface area (Å²) in [5.41, 5.74) is 1.02. The molecule has 1 aromatic carbocycles. The molecule has 24 heavy (non-hydrogen) atoms. The summed E-state index contributed by atoms with van der Waals surface area (Å²) in [4.78, 5) is 22.7. The van der Waals surface area contributed by atoms with Crippen molar-refractivity contribution in [2.24, 2.45) is 0 Å². The molecule has 8 nitrogen and oxygen atoms in total. The fraction of sp³-hybridized carbons (Fsp3) is 0.375. The Morgan fingerprint density at radius 1 is 1.33 bits per heavy atom. The molecule has 0 unspecified atom stereocenters. The van der Waals surface area contributed by atoms with E-state index < -0.39 is 5.97 Å². The summed E-state index contributed by atoms with van der Waals surface area (Å²) in [5.74, 6) is -1.39. The maximum atomic E-state index is 11.8. The van der Waals surface area contributed by atoms with Gasteiger partial charge in [0.15, 0.2) is 5.69 Å². The summed E-state index contributed by atoms with van der Waals surface area (Å²) >= 11 is 0. The summed E-state index contributed by atoms with van der Waals surface area (Å²) in [6.07, 6.45) is 4.44. The number of hydrogen-bond donors (Lipinski definition) is 2. The van der Waals surface area contributed by atoms with Crippen LogP contribution in [0.25, 0.3) is 5.69 Å². The van der Waals surface area contributed by atoms with Crippen LogP contribution in [0.15, 0.2) is 30.5 Å². The van der Waals surface area contributed by atoms with Crippen LogP contribution in [0, 0.1) is 0 Å². The van der Waals surface area contributed by atoms with Gasteiger partial charge in [-0.15, -0.1) is 5.10 Å². The van der Waals surface area contributed by atoms with Crippen LogP contribution in [0.4, 0.5) is 5.69 Å². The van der Waals surface area contributed by atoms with Crippen LogP contribution in [0.1, 0.15) is 36.7 Å². The number of aromatic nitrogens is 3. The number of aromatic carboxylic acids is 1. The molecule has 0 radical (unpaired) electrons. The SMILES string of the molecule is CCCCCOCC(=O)Nc1cccc(-n2cc(C(=O)O)nn2)c1. The Labute approximate surface area is 139 Å². The zero-order chi connectivity index (χ0) is 17.4. The van der Waals surface area contributed by atoms with Gasteiger partial charge in [-0.05, 0) is 24.6 Å². The number of carboxylic acid groups (broad SMARTS) is 1. The molecule has 0 aliphatic heterocycles. The first-order valence-electron chi connectivity index (χ1n) is 7.74. The molecular weight excluding hydrogens is 312 g/mol. The lowest BCUT2D eigenvalue weighted by Crippen LogP contribution is -2.18. The number of ether oxygens (including phenoxy) is 1. The average Bonchev–Trinajstić information content (AvgIpc) is 3.05. The van der Waals surface area contributed by atoms with E-state index in [9.17, 15) is 9.59 Å². The number of nitrogens with one attached hydrogen (secondary N) is 1. The number of anilines is 1. The molecule has 8 heteroatoms. The Hall–Kier alpha value is -2.74. The monoisotopic (exact) mass is 332 g/mol. The predicted octanol–water partition coefficient (Wildman–Crippen LogP) is 2.11. The highest BCUT2D eigenvalue weighted by atomic mass is 16.5. The van der Waals surface area contributed by atoms with Gasteiger partial charge in [0.2, 0.25) is 5.91 Å². The van der Waals surface area contributed by atoms with E-state index in [1.54, 1.807) is 24.3 Å². The number of carbonyl (C=O) groups excluding carboxylic acids is 1. The minimum atomic E-state index is -1.15. The minimum Gasteiger partial charge on any atom is -0.476 e. The normalized spacial score (nSPS) is 10.5. The molecule has 1 heterocycles. The van der Waals surface area contributed by atoms with Crippen LogP contribution in [-0.2, 0) is 9.53 Å². The van der Waals surface area contributed by atoms with E-state index >= 15 is 0 Å². The van der Waals surface area contributed by atoms with Gasteiger partial charge < -0.3 is 15.2 Å². The van der Waals surface area contributed by atoms with Crippen molar-refractivity contribution in [3.05, 3.63) is 36.2 Å². The second kappa shape index (κ2) is 8.78. The summed E-state index contributed by atoms with van der Waals surface area (Å²) in [6.45, 7) is 2.67. The van der Waals surface area contributed by atoms with Crippen LogP contribution in [-0.4, -0.2) is 45.2 Å². The highest BCUT2D eigenvalue weighted by Gasteiger charge is 2.10. The molecule has 0 fully saturated rings. The van der Waals surface area contributed by atoms with E-state index in [-0.39, 0.29) is 18.2 Å². The second-order valence-corrected chi connectivity index (χ2v) is 5.21. The van der Waals surface area contributed by atoms with Crippen molar-refractivity contribution in [3.8, 4) is 5.69 Å². The fourth-order valence-electron chi connectivity index (χ4n) is 2.03. The van der Waals surface area contributed by atoms with Gasteiger partial charge in [0.05, 0.1) is 11.9 Å². The van der Waals surface area contributed by atoms with E-state index in [0.29, 0.717) is 18.0 Å². The number of carbonyl (C=O) groups is 2. The van der Waals surface area contributed by atoms with Gasteiger partial charge in [0.1, 0.15) is 6.61 Å². The Morgan fingerprint density at radius 3 is 2.88 bits per heavy atom. The molecule has 0 atom stereocenters. The maximum Gasteiger partial charge on any atom is 0.358 e. The van der Waals surface area contributed by atoms with E-state index in [1.807, 2.05) is 0 Å². The Morgan fingerprint density at radius 2 is 2.17 bits per heavy atom. The van der Waals surface area contributed by atoms with Gasteiger partial charge in [-0.2, -0.15) is 0 Å². The summed E-state index contributed by atoms with van der Waals surface area (Å²) in [7, 11) is 0. The molecule has 0 aliphatic carbocycles. The molecule has 0 saturated heterocycles. The van der Waals surface area contributed by atoms with Crippen molar-refractivity contribution < 1.29 is 19.4 Å². The molecule has 2 aromatic rings. The summed E-state index contributed by atoms with van der Waals surface area (Å²) < 4.78 is 6.64. The maximum absolute atomic E-state index is 11.8. The second-order valence-electron chi connectivity index (χ2n) is 5.21. The number of hydrogen-bond acceptors (Lipinski definition) is 5. The molecule has 128 valence electrons. The van der Waals surface area contributed by atoms with E-state index in [2.05, 4.69) is 22.6 Å². The summed E-state index contributed by atoms with van der Waals surface area (Å²) in [6, 6.07) is 6.87. The van der Waals surface area contributed by atoms with Crippen molar-refractivity contribution >= 4 is 17.6 Å². The number of unbranched alkanes of at least 4 members (excludes halogenated alkanes) is 2. The van der Waals surface area contributed by atoms with Crippen molar-refractivity contribution in [1.82, 2.24) is 15.0 Å². The number of nitrogens with zero attached hydrogens (tertiary/aromatic N) is 3. The number of amides is 1. The molecule has 1 amide bonds. The molecule has 0 saturated carbocycles. The van der Waals surface area contributed by atoms with Gasteiger partial charge in [-0.1, -0.05) is 31.0 Å². The Balaban J connectivity index is 1.92. The third-order valence-electron chi connectivity index (χ3n) is 3.23. The van der Waals surface area contributed by atoms with Crippen LogP contribution >= 0.6 is 0 Å². The molecule has 1 aromatic heterocycles. The molecule has 2 N–H and O–H groups in total. The highest BCUT2D eigenvalue weighted by molar-refractivity contribution is 5.92. The van der Waals surface area contributed by atoms with E-state index in [1.165, 1.54) is 10.9 Å². The smallest absolute Gasteiger partial charge is 0.358 e. The predicted molar refractivity (Wildman–Crippen MR) is 87.3 cm³/mol. The van der Waals surface area contributed by atoms with Crippen LogP contribution in [0.3, 0.4) is 0 Å². The number of carboxylic acids is 1. The first-order chi connectivity index (χ1) is 11.6. The number of rotatable bonds is 9. The molecule has 0 spiro atoms. The number of benzene rings is 1. The minimum absolute atomic E-state index is 0.000426. The lowest BCUT2D eigenvalue weighted by atomic mass is 10.2. The van der Waals surface area contributed by atoms with Gasteiger partial charge in [0, 0.05) is 12.3 Å². The van der Waals surface area contributed by atoms with Crippen LogP contribution in [0.5, 0.6) is 0 Å². The quantitative estimate of drug-likeness (QED) is 0.681. The average molecular weight is 332 g/mol. The summed E-state index contributed by atoms with van der Waals surface area (Å²) in [5, 5.41) is 18.9. The largest absolute Gasteiger partial charge is 0.476 e. The zero-order valence-corrected chi connectivity index (χ0v) is 13.4. The van der Waals surface area contributed by atoms with Crippen molar-refractivity contribution in [1.29, 1.82) is 0 Å². The molecule has 2 rings (SSSR count). The van der Waals surface area contributed by atoms with Crippen molar-refractivity contribution in [2.75, 3.05) is 18.5 Å². The standard InChI is InChI=1S/C16H20N4O4/c1-2-3-4-8-24-11-15(21)17-12-6-5-7-13(9-12)20-10-14(16(22)23)18-19-20/h5-7,9-10H,2-4,8,11H2,1H3,(H,17,21)(H,22,23). The van der Waals surface area contributed by atoms with E-state index in [0.717, 1.165) is 19.3 Å². The highest BCUT2D eigenvalue weighted by Crippen LogP contribution is 2.14. The van der Waals surface area contributed by atoms with Crippen LogP contribution in [0.2, 0.25) is 0 Å². The Bertz CT molecular complexity index is 699. The van der Waals surface area contributed by atoms with Crippen molar-refractivity contribution in [2.45, 2.75) is 26.2 Å². The van der Waals surface area contributed by atoms with Gasteiger partial charge in [-0.3, -0.25) is 4.79 Å². The van der Waals surface area contributed by atoms with Gasteiger partial charge in [-0.25, -0.2) is 9.48 Å². The topological polar surface area (TPSA) is 106 Å². The van der Waals surface area contributed by atoms with Crippen LogP contribution < -0.4 is 5.32 Å². The first kappa shape index (κ1) is 17.6. The Kier molecular flexibility index (Phi) is 6.44. The van der Waals surface area contributed by atoms with Crippen molar-refractivity contribution in [3.63, 3.8) is 0 Å². The zero-order valence-electron chi connectivity index (χ0n) is 13.4. The van der Waals surface area contributed by atoms with Gasteiger partial charge >= 0.3 is 5.97 Å². The third-order valence-corrected chi connectivity index (χ3v) is 3.23. The first-order valence-corrected chi connectivity index (χ1v) is 7.74. The fourth-order valence-corrected chi connectivity index (χ4v) is 2.03.